The van der Waals surface area contributed by atoms with Crippen molar-refractivity contribution >= 4 is 11.1 Å². The summed E-state index contributed by atoms with van der Waals surface area (Å²) in [6.45, 7) is 0. The highest BCUT2D eigenvalue weighted by atomic mass is 32.2. The van der Waals surface area contributed by atoms with Crippen LogP contribution in [0.2, 0.25) is 0 Å². The van der Waals surface area contributed by atoms with E-state index in [9.17, 15) is 13.2 Å². The first kappa shape index (κ1) is 12.1. The average Bonchev–Trinajstić information content (AvgIpc) is 2.38. The van der Waals surface area contributed by atoms with Gasteiger partial charge in [0, 0.05) is 0 Å². The smallest absolute Gasteiger partial charge is 0.458 e. The van der Waals surface area contributed by atoms with Crippen molar-refractivity contribution in [3.63, 3.8) is 0 Å². The molecule has 1 unspecified atom stereocenters. The van der Waals surface area contributed by atoms with Crippen LogP contribution in [0.4, 0.5) is 13.2 Å². The van der Waals surface area contributed by atoms with Gasteiger partial charge in [-0.05, 0) is 0 Å². The number of aromatic nitrogens is 2. The van der Waals surface area contributed by atoms with Gasteiger partial charge in [-0.15, -0.1) is 0 Å². The molecule has 0 amide bonds. The minimum atomic E-state index is -5.08. The Hall–Kier alpha value is -0.890. The monoisotopic (exact) mass is 216 g/mol. The first-order valence-corrected chi connectivity index (χ1v) is 4.05. The molecule has 0 saturated carbocycles. The summed E-state index contributed by atoms with van der Waals surface area (Å²) in [6.07, 6.45) is 5.69. The van der Waals surface area contributed by atoms with Gasteiger partial charge in [0.25, 0.3) is 0 Å². The first-order chi connectivity index (χ1) is 5.84. The standard InChI is InChI=1S/C4H6N2.CHF3O2S/c1-6-3-2-5-4-6;2-1(3,4)7(5)6/h2-4H,1H3;(H,5,6). The number of imidazole rings is 1. The third kappa shape index (κ3) is 6.29. The number of hydrogen-bond acceptors (Lipinski definition) is 2. The van der Waals surface area contributed by atoms with Gasteiger partial charge in [0.05, 0.1) is 18.1 Å². The van der Waals surface area contributed by atoms with Crippen molar-refractivity contribution in [3.05, 3.63) is 18.7 Å². The van der Waals surface area contributed by atoms with Gasteiger partial charge in [-0.25, -0.2) is 4.57 Å². The molecule has 0 bridgehead atoms. The van der Waals surface area contributed by atoms with E-state index in [1.165, 1.54) is 0 Å². The maximum absolute atomic E-state index is 10.6. The van der Waals surface area contributed by atoms with Crippen LogP contribution in [0.15, 0.2) is 18.7 Å². The molecule has 1 aromatic rings. The number of rotatable bonds is 0. The lowest BCUT2D eigenvalue weighted by Gasteiger charge is -2.06. The summed E-state index contributed by atoms with van der Waals surface area (Å²) < 4.78 is 51.4. The topological polar surface area (TPSA) is 59.8 Å². The second-order valence-corrected chi connectivity index (χ2v) is 2.89. The molecule has 1 aromatic heterocycles. The first-order valence-electron chi connectivity index (χ1n) is 2.98. The molecule has 0 spiro atoms. The Kier molecular flexibility index (Phi) is 4.63. The van der Waals surface area contributed by atoms with Crippen molar-refractivity contribution in [1.29, 1.82) is 0 Å². The Balaban J connectivity index is 0.000000223. The highest BCUT2D eigenvalue weighted by Gasteiger charge is 2.28. The van der Waals surface area contributed by atoms with Crippen molar-refractivity contribution in [1.82, 2.24) is 4.98 Å². The molecule has 0 aromatic carbocycles. The third-order valence-corrected chi connectivity index (χ3v) is 1.25. The number of hydrogen-bond donors (Lipinski definition) is 1. The van der Waals surface area contributed by atoms with E-state index in [2.05, 4.69) is 4.98 Å². The Morgan fingerprint density at radius 2 is 2.00 bits per heavy atom. The molecule has 1 N–H and O–H groups in total. The fourth-order valence-electron chi connectivity index (χ4n) is 0.364. The molecule has 0 aliphatic rings. The molecule has 0 fully saturated rings. The molecule has 8 heteroatoms. The van der Waals surface area contributed by atoms with E-state index in [-0.39, 0.29) is 0 Å². The van der Waals surface area contributed by atoms with Crippen LogP contribution in [0.25, 0.3) is 0 Å². The lowest BCUT2D eigenvalue weighted by atomic mass is 10.9. The van der Waals surface area contributed by atoms with Crippen LogP contribution >= 0.6 is 0 Å². The molecule has 1 rings (SSSR count). The van der Waals surface area contributed by atoms with Gasteiger partial charge in [0.1, 0.15) is 12.4 Å². The Bertz CT molecular complexity index is 259. The zero-order valence-corrected chi connectivity index (χ0v) is 7.35. The van der Waals surface area contributed by atoms with Crippen molar-refractivity contribution < 1.29 is 26.5 Å². The van der Waals surface area contributed by atoms with E-state index in [1.54, 1.807) is 0 Å². The highest BCUT2D eigenvalue weighted by Crippen LogP contribution is 2.16. The summed E-state index contributed by atoms with van der Waals surface area (Å²) in [6, 6.07) is 0. The summed E-state index contributed by atoms with van der Waals surface area (Å²) in [7, 11) is 1.97. The summed E-state index contributed by atoms with van der Waals surface area (Å²) >= 11 is -3.93. The molecule has 1 atom stereocenters. The number of alkyl halides is 3. The summed E-state index contributed by atoms with van der Waals surface area (Å²) in [5.41, 5.74) is -5.08. The molecule has 1 heterocycles. The number of aromatic amines is 1. The Labute approximate surface area is 74.7 Å². The van der Waals surface area contributed by atoms with E-state index in [0.717, 1.165) is 0 Å². The lowest BCUT2D eigenvalue weighted by Crippen LogP contribution is -2.22. The van der Waals surface area contributed by atoms with E-state index >= 15 is 0 Å². The molecule has 4 nitrogen and oxygen atoms in total. The van der Waals surface area contributed by atoms with E-state index in [1.807, 2.05) is 30.3 Å². The van der Waals surface area contributed by atoms with Crippen molar-refractivity contribution in [2.75, 3.05) is 0 Å². The molecular weight excluding hydrogens is 209 g/mol. The van der Waals surface area contributed by atoms with E-state index in [0.29, 0.717) is 0 Å². The van der Waals surface area contributed by atoms with Gasteiger partial charge < -0.3 is 4.55 Å². The normalized spacial score (nSPS) is 13.0. The van der Waals surface area contributed by atoms with Gasteiger partial charge in [0.15, 0.2) is 0 Å². The van der Waals surface area contributed by atoms with E-state index < -0.39 is 16.6 Å². The lowest BCUT2D eigenvalue weighted by molar-refractivity contribution is -0.670. The molecule has 0 aliphatic heterocycles. The largest absolute Gasteiger partial charge is 0.766 e. The van der Waals surface area contributed by atoms with Gasteiger partial charge in [0.2, 0.25) is 6.33 Å². The van der Waals surface area contributed by atoms with Gasteiger partial charge >= 0.3 is 5.51 Å². The van der Waals surface area contributed by atoms with E-state index in [4.69, 9.17) is 8.76 Å². The van der Waals surface area contributed by atoms with Gasteiger partial charge in [-0.3, -0.25) is 9.19 Å². The number of halogens is 3. The van der Waals surface area contributed by atoms with Crippen LogP contribution < -0.4 is 4.57 Å². The van der Waals surface area contributed by atoms with Crippen LogP contribution in [-0.4, -0.2) is 19.3 Å². The van der Waals surface area contributed by atoms with Crippen LogP contribution in [0.5, 0.6) is 0 Å². The summed E-state index contributed by atoms with van der Waals surface area (Å²) in [5, 5.41) is 0. The summed E-state index contributed by atoms with van der Waals surface area (Å²) in [5.74, 6) is 0. The highest BCUT2D eigenvalue weighted by molar-refractivity contribution is 7.80. The predicted octanol–water partition coefficient (Wildman–Crippen LogP) is 0.224. The fraction of sp³-hybridized carbons (Fsp3) is 0.400. The van der Waals surface area contributed by atoms with Crippen LogP contribution in [0.1, 0.15) is 0 Å². The molecule has 0 saturated heterocycles. The minimum Gasteiger partial charge on any atom is -0.766 e. The maximum Gasteiger partial charge on any atom is 0.458 e. The third-order valence-electron chi connectivity index (χ3n) is 0.873. The number of nitrogens with zero attached hydrogens (tertiary/aromatic N) is 1. The molecule has 0 radical (unpaired) electrons. The zero-order chi connectivity index (χ0) is 10.5. The van der Waals surface area contributed by atoms with Crippen LogP contribution in [-0.2, 0) is 18.1 Å². The van der Waals surface area contributed by atoms with Crippen molar-refractivity contribution in [2.24, 2.45) is 7.05 Å². The fourth-order valence-corrected chi connectivity index (χ4v) is 0.364. The zero-order valence-electron chi connectivity index (χ0n) is 6.54. The SMILES string of the molecule is C[n+]1cc[nH]c1.O=S([O-])C(F)(F)F. The quantitative estimate of drug-likeness (QED) is 0.498. The number of nitrogens with one attached hydrogen (secondary N) is 1. The van der Waals surface area contributed by atoms with Crippen molar-refractivity contribution in [3.8, 4) is 0 Å². The second kappa shape index (κ2) is 4.97. The summed E-state index contributed by atoms with van der Waals surface area (Å²) in [4.78, 5) is 2.89. The Morgan fingerprint density at radius 1 is 1.54 bits per heavy atom. The Morgan fingerprint density at radius 3 is 2.08 bits per heavy atom. The second-order valence-electron chi connectivity index (χ2n) is 1.96. The van der Waals surface area contributed by atoms with Gasteiger partial charge in [-0.1, -0.05) is 0 Å². The predicted molar refractivity (Wildman–Crippen MR) is 36.9 cm³/mol. The molecule has 13 heavy (non-hydrogen) atoms. The molecular formula is C5H7F3N2O2S. The number of H-pyrrole nitrogens is 1. The number of aryl methyl sites for hydroxylation is 1. The molecule has 0 aliphatic carbocycles. The van der Waals surface area contributed by atoms with Crippen LogP contribution in [0, 0.1) is 0 Å². The average molecular weight is 216 g/mol. The molecule has 76 valence electrons. The maximum atomic E-state index is 10.6. The van der Waals surface area contributed by atoms with Crippen molar-refractivity contribution in [2.45, 2.75) is 5.51 Å². The van der Waals surface area contributed by atoms with Gasteiger partial charge in [-0.2, -0.15) is 13.2 Å². The van der Waals surface area contributed by atoms with Crippen LogP contribution in [0.3, 0.4) is 0 Å². The minimum absolute atomic E-state index is 1.88.